The van der Waals surface area contributed by atoms with Crippen LogP contribution >= 0.6 is 0 Å². The molecule has 0 unspecified atom stereocenters. The Morgan fingerprint density at radius 3 is 2.42 bits per heavy atom. The number of halogens is 1. The molecule has 1 aliphatic rings. The minimum absolute atomic E-state index is 0.0575. The standard InChI is InChI=1S/C19H16FO3S/c1-19(2)18(21)16(12-6-4-3-5-7-12)17(23-19)13-8-9-14(11-24-22)15(20)10-13/h3-10H,11H2,1-2H3/q+1. The lowest BCUT2D eigenvalue weighted by molar-refractivity contribution is -0.125. The molecule has 0 bridgehead atoms. The summed E-state index contributed by atoms with van der Waals surface area (Å²) in [5.41, 5.74) is 1.02. The molecule has 0 amide bonds. The monoisotopic (exact) mass is 343 g/mol. The van der Waals surface area contributed by atoms with Gasteiger partial charge in [0.25, 0.3) is 5.75 Å². The smallest absolute Gasteiger partial charge is 0.463 e. The Hall–Kier alpha value is -2.40. The Morgan fingerprint density at radius 1 is 1.08 bits per heavy atom. The maximum atomic E-state index is 14.2. The van der Waals surface area contributed by atoms with Gasteiger partial charge in [0.15, 0.2) is 5.60 Å². The van der Waals surface area contributed by atoms with E-state index < -0.39 is 11.4 Å². The van der Waals surface area contributed by atoms with Crippen molar-refractivity contribution in [2.45, 2.75) is 25.2 Å². The second-order valence-electron chi connectivity index (χ2n) is 6.08. The van der Waals surface area contributed by atoms with Gasteiger partial charge in [0.1, 0.15) is 11.6 Å². The number of ketones is 1. The number of benzene rings is 2. The van der Waals surface area contributed by atoms with Gasteiger partial charge in [-0.2, -0.15) is 0 Å². The summed E-state index contributed by atoms with van der Waals surface area (Å²) in [7, 11) is 0. The molecule has 0 aliphatic carbocycles. The Kier molecular flexibility index (Phi) is 4.28. The fraction of sp³-hybridized carbons (Fsp3) is 0.211. The molecule has 122 valence electrons. The number of Topliss-reactive ketones (excluding diaryl/α,β-unsaturated/α-hetero) is 1. The minimum Gasteiger partial charge on any atom is -0.478 e. The Balaban J connectivity index is 2.15. The summed E-state index contributed by atoms with van der Waals surface area (Å²) >= 11 is 0.317. The third kappa shape index (κ3) is 2.87. The molecule has 1 heterocycles. The molecule has 0 saturated heterocycles. The molecule has 0 radical (unpaired) electrons. The van der Waals surface area contributed by atoms with Crippen LogP contribution in [0.25, 0.3) is 11.3 Å². The van der Waals surface area contributed by atoms with Gasteiger partial charge >= 0.3 is 11.7 Å². The van der Waals surface area contributed by atoms with Gasteiger partial charge in [0, 0.05) is 9.77 Å². The largest absolute Gasteiger partial charge is 0.478 e. The molecule has 2 aromatic rings. The summed E-state index contributed by atoms with van der Waals surface area (Å²) in [5, 5.41) is 0. The topological polar surface area (TPSA) is 43.4 Å². The quantitative estimate of drug-likeness (QED) is 0.788. The number of hydrogen-bond donors (Lipinski definition) is 0. The zero-order chi connectivity index (χ0) is 17.3. The van der Waals surface area contributed by atoms with Gasteiger partial charge in [-0.3, -0.25) is 4.79 Å². The van der Waals surface area contributed by atoms with E-state index in [1.807, 2.05) is 30.3 Å². The average Bonchev–Trinajstić information content (AvgIpc) is 2.80. The first kappa shape index (κ1) is 16.5. The van der Waals surface area contributed by atoms with Crippen LogP contribution in [0, 0.1) is 5.82 Å². The van der Waals surface area contributed by atoms with Gasteiger partial charge < -0.3 is 4.74 Å². The lowest BCUT2D eigenvalue weighted by Crippen LogP contribution is -2.29. The third-order valence-corrected chi connectivity index (χ3v) is 4.38. The van der Waals surface area contributed by atoms with Crippen molar-refractivity contribution in [3.05, 3.63) is 71.0 Å². The molecule has 2 aromatic carbocycles. The molecule has 5 heteroatoms. The predicted molar refractivity (Wildman–Crippen MR) is 91.6 cm³/mol. The van der Waals surface area contributed by atoms with Crippen molar-refractivity contribution in [2.24, 2.45) is 0 Å². The van der Waals surface area contributed by atoms with Crippen LogP contribution < -0.4 is 0 Å². The van der Waals surface area contributed by atoms with Crippen molar-refractivity contribution in [1.29, 1.82) is 0 Å². The van der Waals surface area contributed by atoms with Gasteiger partial charge in [-0.25, -0.2) is 4.39 Å². The first-order valence-corrected chi connectivity index (χ1v) is 8.42. The number of carbonyl (C=O) groups is 1. The number of hydrogen-bond acceptors (Lipinski definition) is 3. The maximum Gasteiger partial charge on any atom is 0.463 e. The van der Waals surface area contributed by atoms with E-state index in [0.29, 0.717) is 34.1 Å². The van der Waals surface area contributed by atoms with Crippen molar-refractivity contribution in [3.8, 4) is 0 Å². The van der Waals surface area contributed by atoms with Gasteiger partial charge in [-0.05, 0) is 31.5 Å². The normalized spacial score (nSPS) is 16.2. The molecule has 0 atom stereocenters. The highest BCUT2D eigenvalue weighted by molar-refractivity contribution is 7.64. The summed E-state index contributed by atoms with van der Waals surface area (Å²) in [6, 6.07) is 13.8. The fourth-order valence-corrected chi connectivity index (χ4v) is 3.06. The highest BCUT2D eigenvalue weighted by atomic mass is 32.1. The van der Waals surface area contributed by atoms with E-state index >= 15 is 0 Å². The zero-order valence-electron chi connectivity index (χ0n) is 13.3. The van der Waals surface area contributed by atoms with Crippen molar-refractivity contribution in [1.82, 2.24) is 0 Å². The Bertz CT molecular complexity index is 841. The summed E-state index contributed by atoms with van der Waals surface area (Å²) in [5.74, 6) is -0.182. The minimum atomic E-state index is -0.999. The molecule has 0 saturated carbocycles. The maximum absolute atomic E-state index is 14.2. The highest BCUT2D eigenvalue weighted by Crippen LogP contribution is 2.41. The van der Waals surface area contributed by atoms with Crippen LogP contribution in [-0.2, 0) is 31.2 Å². The van der Waals surface area contributed by atoms with E-state index in [4.69, 9.17) is 4.74 Å². The number of rotatable bonds is 4. The molecule has 0 aromatic heterocycles. The van der Waals surface area contributed by atoms with Crippen LogP contribution in [0.2, 0.25) is 0 Å². The SMILES string of the molecule is CC1(C)OC(c2ccc(C[S+]=O)c(F)c2)=C(c2ccccc2)C1=O. The molecule has 3 rings (SSSR count). The second-order valence-corrected chi connectivity index (χ2v) is 6.60. The summed E-state index contributed by atoms with van der Waals surface area (Å²) < 4.78 is 30.7. The summed E-state index contributed by atoms with van der Waals surface area (Å²) in [6.07, 6.45) is 0. The van der Waals surface area contributed by atoms with E-state index in [1.54, 1.807) is 26.0 Å². The van der Waals surface area contributed by atoms with Gasteiger partial charge in [-0.1, -0.05) is 36.4 Å². The van der Waals surface area contributed by atoms with E-state index in [9.17, 15) is 13.4 Å². The molecule has 3 nitrogen and oxygen atoms in total. The first-order chi connectivity index (χ1) is 11.4. The van der Waals surface area contributed by atoms with Crippen LogP contribution in [0.15, 0.2) is 48.5 Å². The molecule has 0 spiro atoms. The molecule has 0 N–H and O–H groups in total. The summed E-state index contributed by atoms with van der Waals surface area (Å²) in [4.78, 5) is 12.7. The first-order valence-electron chi connectivity index (χ1n) is 7.51. The highest BCUT2D eigenvalue weighted by Gasteiger charge is 2.42. The van der Waals surface area contributed by atoms with E-state index in [0.717, 1.165) is 5.56 Å². The van der Waals surface area contributed by atoms with Crippen LogP contribution in [0.5, 0.6) is 0 Å². The van der Waals surface area contributed by atoms with Crippen molar-refractivity contribution < 1.29 is 18.1 Å². The lowest BCUT2D eigenvalue weighted by atomic mass is 9.92. The molecular weight excluding hydrogens is 327 g/mol. The van der Waals surface area contributed by atoms with Crippen LogP contribution in [-0.4, -0.2) is 11.4 Å². The van der Waals surface area contributed by atoms with Crippen molar-refractivity contribution in [3.63, 3.8) is 0 Å². The Morgan fingerprint density at radius 2 is 1.79 bits per heavy atom. The fourth-order valence-electron chi connectivity index (χ4n) is 2.70. The van der Waals surface area contributed by atoms with Crippen LogP contribution in [0.4, 0.5) is 4.39 Å². The predicted octanol–water partition coefficient (Wildman–Crippen LogP) is 4.00. The Labute approximate surface area is 143 Å². The van der Waals surface area contributed by atoms with Gasteiger partial charge in [-0.15, -0.1) is 0 Å². The van der Waals surface area contributed by atoms with E-state index in [-0.39, 0.29) is 11.5 Å². The van der Waals surface area contributed by atoms with E-state index in [2.05, 4.69) is 0 Å². The van der Waals surface area contributed by atoms with Crippen molar-refractivity contribution >= 4 is 28.8 Å². The zero-order valence-corrected chi connectivity index (χ0v) is 14.2. The van der Waals surface area contributed by atoms with Crippen molar-refractivity contribution in [2.75, 3.05) is 0 Å². The lowest BCUT2D eigenvalue weighted by Gasteiger charge is -2.18. The molecule has 1 aliphatic heterocycles. The number of carbonyl (C=O) groups excluding carboxylic acids is 1. The van der Waals surface area contributed by atoms with Crippen LogP contribution in [0.3, 0.4) is 0 Å². The molecule has 0 fully saturated rings. The van der Waals surface area contributed by atoms with E-state index in [1.165, 1.54) is 6.07 Å². The van der Waals surface area contributed by atoms with Crippen LogP contribution in [0.1, 0.15) is 30.5 Å². The third-order valence-electron chi connectivity index (χ3n) is 3.95. The average molecular weight is 343 g/mol. The van der Waals surface area contributed by atoms with Gasteiger partial charge in [0.2, 0.25) is 5.78 Å². The summed E-state index contributed by atoms with van der Waals surface area (Å²) in [6.45, 7) is 3.40. The number of ether oxygens (including phenoxy) is 1. The molecule has 24 heavy (non-hydrogen) atoms. The molecular formula is C19H16FO3S+. The second kappa shape index (κ2) is 6.24. The van der Waals surface area contributed by atoms with Gasteiger partial charge in [0.05, 0.1) is 11.1 Å².